The number of amides is 2. The number of nitrogens with one attached hydrogen (secondary N) is 2. The van der Waals surface area contributed by atoms with Gasteiger partial charge in [-0.15, -0.1) is 10.2 Å². The molecule has 2 aromatic carbocycles. The fourth-order valence-corrected chi connectivity index (χ4v) is 2.67. The molecule has 9 heteroatoms. The maximum absolute atomic E-state index is 13.5. The van der Waals surface area contributed by atoms with Crippen molar-refractivity contribution in [1.82, 2.24) is 15.5 Å². The molecule has 0 aliphatic carbocycles. The van der Waals surface area contributed by atoms with E-state index < -0.39 is 23.4 Å². The Bertz CT molecular complexity index is 944. The second kappa shape index (κ2) is 7.79. The van der Waals surface area contributed by atoms with E-state index in [1.165, 1.54) is 30.3 Å². The van der Waals surface area contributed by atoms with Gasteiger partial charge in [-0.2, -0.15) is 0 Å². The van der Waals surface area contributed by atoms with Crippen LogP contribution in [-0.2, 0) is 6.54 Å². The van der Waals surface area contributed by atoms with E-state index in [-0.39, 0.29) is 16.6 Å². The Kier molecular flexibility index (Phi) is 5.28. The van der Waals surface area contributed by atoms with Gasteiger partial charge >= 0.3 is 0 Å². The lowest BCUT2D eigenvalue weighted by atomic mass is 10.2. The van der Waals surface area contributed by atoms with Crippen LogP contribution in [0.15, 0.2) is 48.5 Å². The normalized spacial score (nSPS) is 10.4. The molecule has 0 bridgehead atoms. The van der Waals surface area contributed by atoms with Crippen molar-refractivity contribution >= 4 is 28.8 Å². The molecule has 2 N–H and O–H groups in total. The third kappa shape index (κ3) is 4.25. The fraction of sp³-hybridized carbons (Fsp3) is 0.0588. The zero-order chi connectivity index (χ0) is 18.5. The minimum absolute atomic E-state index is 0.0117. The van der Waals surface area contributed by atoms with Crippen molar-refractivity contribution in [1.29, 1.82) is 0 Å². The standard InChI is InChI=1S/C17H12F2N4O2S/c18-11-5-7-12(8-6-11)21-15(25)17-23-22-16(26-17)14(24)20-9-10-3-1-2-4-13(10)19/h1-8H,9H2,(H,20,24)(H,21,25). The van der Waals surface area contributed by atoms with Crippen LogP contribution in [0.4, 0.5) is 14.5 Å². The molecule has 0 saturated carbocycles. The second-order valence-electron chi connectivity index (χ2n) is 5.15. The van der Waals surface area contributed by atoms with Gasteiger partial charge in [0.2, 0.25) is 10.0 Å². The van der Waals surface area contributed by atoms with Gasteiger partial charge in [0.05, 0.1) is 0 Å². The molecule has 0 fully saturated rings. The summed E-state index contributed by atoms with van der Waals surface area (Å²) in [5.41, 5.74) is 0.719. The van der Waals surface area contributed by atoms with E-state index >= 15 is 0 Å². The Morgan fingerprint density at radius 2 is 1.58 bits per heavy atom. The highest BCUT2D eigenvalue weighted by Gasteiger charge is 2.18. The van der Waals surface area contributed by atoms with Gasteiger partial charge in [0.1, 0.15) is 11.6 Å². The van der Waals surface area contributed by atoms with Crippen LogP contribution in [-0.4, -0.2) is 22.0 Å². The minimum Gasteiger partial charge on any atom is -0.346 e. The first-order chi connectivity index (χ1) is 12.5. The average Bonchev–Trinajstić information content (AvgIpc) is 3.13. The molecule has 0 saturated heterocycles. The van der Waals surface area contributed by atoms with Gasteiger partial charge in [-0.05, 0) is 30.3 Å². The first-order valence-corrected chi connectivity index (χ1v) is 8.26. The van der Waals surface area contributed by atoms with Crippen molar-refractivity contribution in [2.24, 2.45) is 0 Å². The lowest BCUT2D eigenvalue weighted by Gasteiger charge is -2.03. The molecule has 3 rings (SSSR count). The first kappa shape index (κ1) is 17.6. The predicted molar refractivity (Wildman–Crippen MR) is 91.8 cm³/mol. The van der Waals surface area contributed by atoms with Crippen LogP contribution in [0.1, 0.15) is 25.2 Å². The van der Waals surface area contributed by atoms with Crippen LogP contribution >= 0.6 is 11.3 Å². The van der Waals surface area contributed by atoms with Gasteiger partial charge in [0, 0.05) is 17.8 Å². The molecule has 0 unspecified atom stereocenters. The number of hydrogen-bond donors (Lipinski definition) is 2. The summed E-state index contributed by atoms with van der Waals surface area (Å²) in [7, 11) is 0. The Morgan fingerprint density at radius 1 is 0.923 bits per heavy atom. The Balaban J connectivity index is 1.61. The Labute approximate surface area is 150 Å². The minimum atomic E-state index is -0.567. The Morgan fingerprint density at radius 3 is 2.27 bits per heavy atom. The average molecular weight is 374 g/mol. The molecule has 0 spiro atoms. The summed E-state index contributed by atoms with van der Waals surface area (Å²) in [6.07, 6.45) is 0. The molecular formula is C17H12F2N4O2S. The number of benzene rings is 2. The number of hydrogen-bond acceptors (Lipinski definition) is 5. The summed E-state index contributed by atoms with van der Waals surface area (Å²) in [4.78, 5) is 24.1. The molecule has 3 aromatic rings. The van der Waals surface area contributed by atoms with Crippen molar-refractivity contribution in [3.8, 4) is 0 Å². The second-order valence-corrected chi connectivity index (χ2v) is 6.12. The van der Waals surface area contributed by atoms with Gasteiger partial charge in [0.15, 0.2) is 0 Å². The number of carbonyl (C=O) groups excluding carboxylic acids is 2. The van der Waals surface area contributed by atoms with E-state index in [4.69, 9.17) is 0 Å². The lowest BCUT2D eigenvalue weighted by Crippen LogP contribution is -2.23. The summed E-state index contributed by atoms with van der Waals surface area (Å²) >= 11 is 0.797. The lowest BCUT2D eigenvalue weighted by molar-refractivity contribution is 0.0948. The highest BCUT2D eigenvalue weighted by atomic mass is 32.1. The maximum atomic E-state index is 13.5. The molecule has 1 heterocycles. The van der Waals surface area contributed by atoms with Gasteiger partial charge < -0.3 is 10.6 Å². The number of halogens is 2. The van der Waals surface area contributed by atoms with E-state index in [1.54, 1.807) is 18.2 Å². The number of aromatic nitrogens is 2. The molecule has 0 radical (unpaired) electrons. The SMILES string of the molecule is O=C(NCc1ccccc1F)c1nnc(C(=O)Nc2ccc(F)cc2)s1. The third-order valence-corrected chi connectivity index (χ3v) is 4.23. The van der Waals surface area contributed by atoms with Crippen LogP contribution in [0.2, 0.25) is 0 Å². The molecule has 132 valence electrons. The highest BCUT2D eigenvalue weighted by Crippen LogP contribution is 2.14. The molecular weight excluding hydrogens is 362 g/mol. The summed E-state index contributed by atoms with van der Waals surface area (Å²) in [5, 5.41) is 12.3. The van der Waals surface area contributed by atoms with Crippen molar-refractivity contribution < 1.29 is 18.4 Å². The zero-order valence-electron chi connectivity index (χ0n) is 13.2. The van der Waals surface area contributed by atoms with Crippen molar-refractivity contribution in [2.45, 2.75) is 6.54 Å². The Hall–Kier alpha value is -3.20. The van der Waals surface area contributed by atoms with Crippen LogP contribution in [0.5, 0.6) is 0 Å². The van der Waals surface area contributed by atoms with Gasteiger partial charge in [0.25, 0.3) is 11.8 Å². The quantitative estimate of drug-likeness (QED) is 0.719. The first-order valence-electron chi connectivity index (χ1n) is 7.45. The molecule has 26 heavy (non-hydrogen) atoms. The number of anilines is 1. The van der Waals surface area contributed by atoms with Crippen LogP contribution < -0.4 is 10.6 Å². The molecule has 2 amide bonds. The van der Waals surface area contributed by atoms with E-state index in [1.807, 2.05) is 0 Å². The smallest absolute Gasteiger partial charge is 0.286 e. The maximum Gasteiger partial charge on any atom is 0.286 e. The summed E-state index contributed by atoms with van der Waals surface area (Å²) in [5.74, 6) is -1.98. The molecule has 0 atom stereocenters. The fourth-order valence-electron chi connectivity index (χ4n) is 2.02. The van der Waals surface area contributed by atoms with E-state index in [2.05, 4.69) is 20.8 Å². The molecule has 6 nitrogen and oxygen atoms in total. The number of carbonyl (C=O) groups is 2. The van der Waals surface area contributed by atoms with Crippen molar-refractivity contribution in [3.05, 3.63) is 75.7 Å². The number of rotatable bonds is 5. The highest BCUT2D eigenvalue weighted by molar-refractivity contribution is 7.15. The summed E-state index contributed by atoms with van der Waals surface area (Å²) in [6.45, 7) is -0.0117. The van der Waals surface area contributed by atoms with Crippen LogP contribution in [0.25, 0.3) is 0 Å². The predicted octanol–water partition coefficient (Wildman–Crippen LogP) is 3.00. The largest absolute Gasteiger partial charge is 0.346 e. The van der Waals surface area contributed by atoms with Gasteiger partial charge in [-0.25, -0.2) is 8.78 Å². The molecule has 0 aliphatic heterocycles. The van der Waals surface area contributed by atoms with Crippen LogP contribution in [0, 0.1) is 11.6 Å². The van der Waals surface area contributed by atoms with Crippen LogP contribution in [0.3, 0.4) is 0 Å². The molecule has 0 aliphatic rings. The van der Waals surface area contributed by atoms with Gasteiger partial charge in [-0.3, -0.25) is 9.59 Å². The van der Waals surface area contributed by atoms with Crippen molar-refractivity contribution in [3.63, 3.8) is 0 Å². The topological polar surface area (TPSA) is 84.0 Å². The molecule has 1 aromatic heterocycles. The van der Waals surface area contributed by atoms with Gasteiger partial charge in [-0.1, -0.05) is 29.5 Å². The summed E-state index contributed by atoms with van der Waals surface area (Å²) in [6, 6.07) is 11.3. The number of nitrogens with zero attached hydrogens (tertiary/aromatic N) is 2. The van der Waals surface area contributed by atoms with E-state index in [0.29, 0.717) is 11.3 Å². The monoisotopic (exact) mass is 374 g/mol. The van der Waals surface area contributed by atoms with Crippen molar-refractivity contribution in [2.75, 3.05) is 5.32 Å². The van der Waals surface area contributed by atoms with E-state index in [9.17, 15) is 18.4 Å². The summed E-state index contributed by atoms with van der Waals surface area (Å²) < 4.78 is 26.4. The third-order valence-electron chi connectivity index (χ3n) is 3.31. The zero-order valence-corrected chi connectivity index (χ0v) is 14.0. The van der Waals surface area contributed by atoms with E-state index in [0.717, 1.165) is 11.3 Å².